The third kappa shape index (κ3) is 4.21. The predicted octanol–water partition coefficient (Wildman–Crippen LogP) is 4.03. The summed E-state index contributed by atoms with van der Waals surface area (Å²) in [5, 5.41) is 9.92. The summed E-state index contributed by atoms with van der Waals surface area (Å²) in [7, 11) is 0. The molecule has 0 amide bonds. The number of rotatable bonds is 5. The van der Waals surface area contributed by atoms with Gasteiger partial charge < -0.3 is 14.6 Å². The number of hydrogen-bond donors (Lipinski definition) is 1. The number of benzene rings is 2. The van der Waals surface area contributed by atoms with Gasteiger partial charge in [0.1, 0.15) is 13.2 Å². The molecule has 8 heteroatoms. The van der Waals surface area contributed by atoms with E-state index in [1.54, 1.807) is 0 Å². The van der Waals surface area contributed by atoms with E-state index in [2.05, 4.69) is 0 Å². The van der Waals surface area contributed by atoms with Gasteiger partial charge in [0, 0.05) is 24.0 Å². The monoisotopic (exact) mass is 380 g/mol. The summed E-state index contributed by atoms with van der Waals surface area (Å²) >= 11 is 0. The first-order chi connectivity index (χ1) is 12.8. The lowest BCUT2D eigenvalue weighted by atomic mass is 10.00. The van der Waals surface area contributed by atoms with Gasteiger partial charge in [0.05, 0.1) is 5.56 Å². The molecule has 142 valence electrons. The summed E-state index contributed by atoms with van der Waals surface area (Å²) in [5.74, 6) is -0.664. The van der Waals surface area contributed by atoms with Gasteiger partial charge >= 0.3 is 6.18 Å². The Morgan fingerprint density at radius 2 is 1.52 bits per heavy atom. The zero-order valence-electron chi connectivity index (χ0n) is 14.0. The second-order valence-corrected chi connectivity index (χ2v) is 5.94. The van der Waals surface area contributed by atoms with Crippen molar-refractivity contribution in [3.8, 4) is 17.2 Å². The van der Waals surface area contributed by atoms with E-state index in [9.17, 15) is 27.9 Å². The Bertz CT molecular complexity index is 872. The second-order valence-electron chi connectivity index (χ2n) is 5.94. The van der Waals surface area contributed by atoms with Crippen LogP contribution in [-0.4, -0.2) is 29.9 Å². The van der Waals surface area contributed by atoms with Gasteiger partial charge in [-0.15, -0.1) is 0 Å². The number of halogens is 3. The highest BCUT2D eigenvalue weighted by molar-refractivity contribution is 6.02. The molecule has 2 aromatic carbocycles. The smallest absolute Gasteiger partial charge is 0.416 e. The standard InChI is InChI=1S/C19H15F3O5/c20-19(21,22)13-3-1-11(2-4-13)14(23)5-6-15(24)12-9-16(25)18-17(10-12)26-7-8-27-18/h1-4,9-10,25H,5-8H2. The van der Waals surface area contributed by atoms with Crippen molar-refractivity contribution >= 4 is 11.6 Å². The Balaban J connectivity index is 1.65. The largest absolute Gasteiger partial charge is 0.504 e. The van der Waals surface area contributed by atoms with Gasteiger partial charge in [0.15, 0.2) is 23.1 Å². The molecule has 3 rings (SSSR count). The molecular formula is C19H15F3O5. The molecule has 2 aromatic rings. The maximum Gasteiger partial charge on any atom is 0.416 e. The van der Waals surface area contributed by atoms with Crippen LogP contribution in [0, 0.1) is 0 Å². The Morgan fingerprint density at radius 3 is 2.15 bits per heavy atom. The maximum absolute atomic E-state index is 12.5. The first-order valence-electron chi connectivity index (χ1n) is 8.12. The van der Waals surface area contributed by atoms with Crippen molar-refractivity contribution in [3.63, 3.8) is 0 Å². The van der Waals surface area contributed by atoms with Crippen LogP contribution in [0.5, 0.6) is 17.2 Å². The Kier molecular flexibility index (Phi) is 5.07. The number of aromatic hydroxyl groups is 1. The fraction of sp³-hybridized carbons (Fsp3) is 0.263. The number of carbonyl (C=O) groups excluding carboxylic acids is 2. The number of fused-ring (bicyclic) bond motifs is 1. The molecule has 0 fully saturated rings. The first kappa shape index (κ1) is 18.8. The van der Waals surface area contributed by atoms with Crippen LogP contribution in [0.4, 0.5) is 13.2 Å². The molecule has 0 spiro atoms. The molecule has 0 unspecified atom stereocenters. The van der Waals surface area contributed by atoms with E-state index < -0.39 is 23.3 Å². The van der Waals surface area contributed by atoms with Gasteiger partial charge in [0.25, 0.3) is 0 Å². The molecule has 0 aromatic heterocycles. The highest BCUT2D eigenvalue weighted by Gasteiger charge is 2.30. The minimum Gasteiger partial charge on any atom is -0.504 e. The van der Waals surface area contributed by atoms with E-state index >= 15 is 0 Å². The average Bonchev–Trinajstić information content (AvgIpc) is 2.65. The second kappa shape index (κ2) is 7.30. The highest BCUT2D eigenvalue weighted by Crippen LogP contribution is 2.40. The number of phenols is 1. The van der Waals surface area contributed by atoms with E-state index in [0.29, 0.717) is 0 Å². The van der Waals surface area contributed by atoms with E-state index in [-0.39, 0.29) is 54.4 Å². The van der Waals surface area contributed by atoms with Crippen molar-refractivity contribution in [2.45, 2.75) is 19.0 Å². The van der Waals surface area contributed by atoms with Gasteiger partial charge in [-0.3, -0.25) is 9.59 Å². The van der Waals surface area contributed by atoms with Crippen molar-refractivity contribution in [1.82, 2.24) is 0 Å². The summed E-state index contributed by atoms with van der Waals surface area (Å²) in [6, 6.07) is 6.50. The van der Waals surface area contributed by atoms with Gasteiger partial charge in [0.2, 0.25) is 5.75 Å². The summed E-state index contributed by atoms with van der Waals surface area (Å²) in [6.45, 7) is 0.575. The molecule has 0 atom stereocenters. The Morgan fingerprint density at radius 1 is 0.926 bits per heavy atom. The zero-order valence-corrected chi connectivity index (χ0v) is 14.0. The lowest BCUT2D eigenvalue weighted by Gasteiger charge is -2.19. The van der Waals surface area contributed by atoms with E-state index in [0.717, 1.165) is 24.3 Å². The van der Waals surface area contributed by atoms with Crippen LogP contribution in [0.25, 0.3) is 0 Å². The van der Waals surface area contributed by atoms with Crippen molar-refractivity contribution < 1.29 is 37.3 Å². The predicted molar refractivity (Wildman–Crippen MR) is 88.4 cm³/mol. The number of ketones is 2. The summed E-state index contributed by atoms with van der Waals surface area (Å²) in [4.78, 5) is 24.4. The van der Waals surface area contributed by atoms with Crippen molar-refractivity contribution in [2.75, 3.05) is 13.2 Å². The molecule has 1 aliphatic heterocycles. The number of ether oxygens (including phenoxy) is 2. The molecule has 0 aliphatic carbocycles. The van der Waals surface area contributed by atoms with Gasteiger partial charge in [-0.05, 0) is 24.3 Å². The van der Waals surface area contributed by atoms with Gasteiger partial charge in [-0.1, -0.05) is 12.1 Å². The first-order valence-corrected chi connectivity index (χ1v) is 8.12. The SMILES string of the molecule is O=C(CCC(=O)c1cc(O)c2c(c1)OCCO2)c1ccc(C(F)(F)F)cc1. The van der Waals surface area contributed by atoms with Crippen LogP contribution in [0.1, 0.15) is 39.1 Å². The van der Waals surface area contributed by atoms with Crippen LogP contribution in [0.2, 0.25) is 0 Å². The summed E-state index contributed by atoms with van der Waals surface area (Å²) in [6.07, 6.45) is -4.80. The molecule has 5 nitrogen and oxygen atoms in total. The van der Waals surface area contributed by atoms with Crippen molar-refractivity contribution in [2.24, 2.45) is 0 Å². The van der Waals surface area contributed by atoms with Crippen LogP contribution in [0.15, 0.2) is 36.4 Å². The highest BCUT2D eigenvalue weighted by atomic mass is 19.4. The minimum atomic E-state index is -4.47. The molecule has 1 aliphatic rings. The third-order valence-corrected chi connectivity index (χ3v) is 4.06. The number of phenolic OH excluding ortho intramolecular Hbond substituents is 1. The Hall–Kier alpha value is -3.03. The number of alkyl halides is 3. The van der Waals surface area contributed by atoms with Crippen LogP contribution in [0.3, 0.4) is 0 Å². The zero-order chi connectivity index (χ0) is 19.6. The molecular weight excluding hydrogens is 365 g/mol. The third-order valence-electron chi connectivity index (χ3n) is 4.06. The van der Waals surface area contributed by atoms with E-state index in [1.807, 2.05) is 0 Å². The minimum absolute atomic E-state index is 0.0980. The quantitative estimate of drug-likeness (QED) is 0.793. The molecule has 0 saturated heterocycles. The van der Waals surface area contributed by atoms with Crippen LogP contribution < -0.4 is 9.47 Å². The number of hydrogen-bond acceptors (Lipinski definition) is 5. The maximum atomic E-state index is 12.5. The summed E-state index contributed by atoms with van der Waals surface area (Å²) < 4.78 is 48.2. The molecule has 1 N–H and O–H groups in total. The number of carbonyl (C=O) groups is 2. The van der Waals surface area contributed by atoms with E-state index in [1.165, 1.54) is 12.1 Å². The summed E-state index contributed by atoms with van der Waals surface area (Å²) in [5.41, 5.74) is -0.584. The average molecular weight is 380 g/mol. The lowest BCUT2D eigenvalue weighted by molar-refractivity contribution is -0.137. The molecule has 1 heterocycles. The molecule has 27 heavy (non-hydrogen) atoms. The van der Waals surface area contributed by atoms with E-state index in [4.69, 9.17) is 9.47 Å². The van der Waals surface area contributed by atoms with Crippen LogP contribution in [-0.2, 0) is 6.18 Å². The molecule has 0 bridgehead atoms. The topological polar surface area (TPSA) is 72.8 Å². The van der Waals surface area contributed by atoms with Crippen molar-refractivity contribution in [3.05, 3.63) is 53.1 Å². The van der Waals surface area contributed by atoms with Crippen LogP contribution >= 0.6 is 0 Å². The fourth-order valence-electron chi connectivity index (χ4n) is 2.66. The number of Topliss-reactive ketones (excluding diaryl/α,β-unsaturated/α-hetero) is 2. The molecule has 0 saturated carbocycles. The normalized spacial score (nSPS) is 13.3. The molecule has 0 radical (unpaired) electrons. The fourth-order valence-corrected chi connectivity index (χ4v) is 2.66. The van der Waals surface area contributed by atoms with Crippen molar-refractivity contribution in [1.29, 1.82) is 0 Å². The Labute approximate surface area is 152 Å². The van der Waals surface area contributed by atoms with Gasteiger partial charge in [-0.2, -0.15) is 13.2 Å². The van der Waals surface area contributed by atoms with Gasteiger partial charge in [-0.25, -0.2) is 0 Å². The lowest BCUT2D eigenvalue weighted by Crippen LogP contribution is -2.16.